The Hall–Kier alpha value is -0.890. The van der Waals surface area contributed by atoms with E-state index in [1.54, 1.807) is 0 Å². The molecule has 0 saturated heterocycles. The number of aromatic nitrogens is 1. The zero-order chi connectivity index (χ0) is 12.7. The molecule has 1 aromatic heterocycles. The summed E-state index contributed by atoms with van der Waals surface area (Å²) in [4.78, 5) is 4.19. The van der Waals surface area contributed by atoms with Crippen LogP contribution < -0.4 is 5.32 Å². The molecule has 1 N–H and O–H groups in total. The SMILES string of the molecule is CCCNC(Cc1cccnc1)C(C)C(C)C. The normalized spacial score (nSPS) is 14.9. The molecule has 1 rings (SSSR count). The first-order valence-corrected chi connectivity index (χ1v) is 6.77. The van der Waals surface area contributed by atoms with Crippen LogP contribution in [0.15, 0.2) is 24.5 Å². The van der Waals surface area contributed by atoms with Crippen LogP contribution in [-0.4, -0.2) is 17.6 Å². The molecule has 0 bridgehead atoms. The van der Waals surface area contributed by atoms with Crippen molar-refractivity contribution in [1.29, 1.82) is 0 Å². The summed E-state index contributed by atoms with van der Waals surface area (Å²) in [6.45, 7) is 10.3. The van der Waals surface area contributed by atoms with Crippen LogP contribution in [0.1, 0.15) is 39.7 Å². The topological polar surface area (TPSA) is 24.9 Å². The molecule has 0 aromatic carbocycles. The molecule has 0 radical (unpaired) electrons. The zero-order valence-corrected chi connectivity index (χ0v) is 11.6. The van der Waals surface area contributed by atoms with Gasteiger partial charge in [-0.05, 0) is 42.9 Å². The van der Waals surface area contributed by atoms with Gasteiger partial charge in [0.2, 0.25) is 0 Å². The first-order valence-electron chi connectivity index (χ1n) is 6.77. The molecular weight excluding hydrogens is 208 g/mol. The molecular formula is C15H26N2. The second-order valence-corrected chi connectivity index (χ2v) is 5.23. The fraction of sp³-hybridized carbons (Fsp3) is 0.667. The van der Waals surface area contributed by atoms with Crippen LogP contribution in [0, 0.1) is 11.8 Å². The molecule has 96 valence electrons. The van der Waals surface area contributed by atoms with Gasteiger partial charge in [-0.25, -0.2) is 0 Å². The van der Waals surface area contributed by atoms with Crippen molar-refractivity contribution in [2.45, 2.75) is 46.6 Å². The predicted molar refractivity (Wildman–Crippen MR) is 74.0 cm³/mol. The number of nitrogens with zero attached hydrogens (tertiary/aromatic N) is 1. The number of rotatable bonds is 7. The van der Waals surface area contributed by atoms with Gasteiger partial charge in [-0.3, -0.25) is 4.98 Å². The Bertz CT molecular complexity index is 295. The van der Waals surface area contributed by atoms with E-state index < -0.39 is 0 Å². The van der Waals surface area contributed by atoms with Gasteiger partial charge in [0.15, 0.2) is 0 Å². The third-order valence-corrected chi connectivity index (χ3v) is 3.52. The predicted octanol–water partition coefficient (Wildman–Crippen LogP) is 3.28. The zero-order valence-electron chi connectivity index (χ0n) is 11.6. The van der Waals surface area contributed by atoms with Gasteiger partial charge in [0.25, 0.3) is 0 Å². The summed E-state index contributed by atoms with van der Waals surface area (Å²) in [6, 6.07) is 4.74. The molecule has 2 heteroatoms. The maximum absolute atomic E-state index is 4.19. The Balaban J connectivity index is 2.63. The molecule has 2 unspecified atom stereocenters. The molecule has 0 aliphatic heterocycles. The quantitative estimate of drug-likeness (QED) is 0.783. The largest absolute Gasteiger partial charge is 0.313 e. The lowest BCUT2D eigenvalue weighted by Crippen LogP contribution is -2.39. The van der Waals surface area contributed by atoms with Gasteiger partial charge in [-0.15, -0.1) is 0 Å². The Morgan fingerprint density at radius 2 is 2.06 bits per heavy atom. The third kappa shape index (κ3) is 4.86. The van der Waals surface area contributed by atoms with E-state index in [1.807, 2.05) is 18.5 Å². The van der Waals surface area contributed by atoms with Crippen molar-refractivity contribution in [2.24, 2.45) is 11.8 Å². The molecule has 0 fully saturated rings. The second-order valence-electron chi connectivity index (χ2n) is 5.23. The van der Waals surface area contributed by atoms with Crippen molar-refractivity contribution >= 4 is 0 Å². The van der Waals surface area contributed by atoms with E-state index in [0.29, 0.717) is 17.9 Å². The van der Waals surface area contributed by atoms with Gasteiger partial charge in [-0.2, -0.15) is 0 Å². The summed E-state index contributed by atoms with van der Waals surface area (Å²) in [5.41, 5.74) is 1.33. The summed E-state index contributed by atoms with van der Waals surface area (Å²) in [5.74, 6) is 1.39. The van der Waals surface area contributed by atoms with Gasteiger partial charge in [0.1, 0.15) is 0 Å². The minimum Gasteiger partial charge on any atom is -0.313 e. The highest BCUT2D eigenvalue weighted by atomic mass is 14.9. The molecule has 1 aromatic rings. The van der Waals surface area contributed by atoms with Crippen molar-refractivity contribution in [3.8, 4) is 0 Å². The molecule has 0 aliphatic carbocycles. The molecule has 1 heterocycles. The number of nitrogens with one attached hydrogen (secondary N) is 1. The smallest absolute Gasteiger partial charge is 0.0300 e. The van der Waals surface area contributed by atoms with Crippen molar-refractivity contribution in [3.63, 3.8) is 0 Å². The van der Waals surface area contributed by atoms with E-state index in [4.69, 9.17) is 0 Å². The van der Waals surface area contributed by atoms with E-state index in [-0.39, 0.29) is 0 Å². The summed E-state index contributed by atoms with van der Waals surface area (Å²) >= 11 is 0. The molecule has 2 atom stereocenters. The Morgan fingerprint density at radius 1 is 1.29 bits per heavy atom. The van der Waals surface area contributed by atoms with E-state index >= 15 is 0 Å². The van der Waals surface area contributed by atoms with Crippen LogP contribution in [0.2, 0.25) is 0 Å². The van der Waals surface area contributed by atoms with Gasteiger partial charge in [0.05, 0.1) is 0 Å². The fourth-order valence-electron chi connectivity index (χ4n) is 2.01. The lowest BCUT2D eigenvalue weighted by Gasteiger charge is -2.28. The van der Waals surface area contributed by atoms with Crippen molar-refractivity contribution in [2.75, 3.05) is 6.54 Å². The van der Waals surface area contributed by atoms with Crippen LogP contribution in [-0.2, 0) is 6.42 Å². The number of pyridine rings is 1. The maximum atomic E-state index is 4.19. The minimum absolute atomic E-state index is 0.555. The summed E-state index contributed by atoms with van der Waals surface area (Å²) in [5, 5.41) is 3.67. The van der Waals surface area contributed by atoms with Crippen molar-refractivity contribution < 1.29 is 0 Å². The third-order valence-electron chi connectivity index (χ3n) is 3.52. The average Bonchev–Trinajstić information content (AvgIpc) is 2.34. The monoisotopic (exact) mass is 234 g/mol. The lowest BCUT2D eigenvalue weighted by atomic mass is 9.87. The highest BCUT2D eigenvalue weighted by molar-refractivity contribution is 5.10. The summed E-state index contributed by atoms with van der Waals surface area (Å²) in [7, 11) is 0. The van der Waals surface area contributed by atoms with Crippen molar-refractivity contribution in [1.82, 2.24) is 10.3 Å². The van der Waals surface area contributed by atoms with E-state index in [2.05, 4.69) is 44.1 Å². The first-order chi connectivity index (χ1) is 8.15. The van der Waals surface area contributed by atoms with Crippen LogP contribution >= 0.6 is 0 Å². The molecule has 0 saturated carbocycles. The van der Waals surface area contributed by atoms with Crippen LogP contribution in [0.5, 0.6) is 0 Å². The van der Waals surface area contributed by atoms with Gasteiger partial charge in [-0.1, -0.05) is 33.8 Å². The van der Waals surface area contributed by atoms with Crippen LogP contribution in [0.3, 0.4) is 0 Å². The Morgan fingerprint density at radius 3 is 2.59 bits per heavy atom. The van der Waals surface area contributed by atoms with Crippen molar-refractivity contribution in [3.05, 3.63) is 30.1 Å². The van der Waals surface area contributed by atoms with E-state index in [1.165, 1.54) is 12.0 Å². The fourth-order valence-corrected chi connectivity index (χ4v) is 2.01. The summed E-state index contributed by atoms with van der Waals surface area (Å²) < 4.78 is 0. The molecule has 2 nitrogen and oxygen atoms in total. The molecule has 0 amide bonds. The molecule has 0 spiro atoms. The maximum Gasteiger partial charge on any atom is 0.0300 e. The van der Waals surface area contributed by atoms with Gasteiger partial charge in [0, 0.05) is 18.4 Å². The summed E-state index contributed by atoms with van der Waals surface area (Å²) in [6.07, 6.45) is 6.08. The minimum atomic E-state index is 0.555. The first kappa shape index (κ1) is 14.2. The highest BCUT2D eigenvalue weighted by Crippen LogP contribution is 2.18. The average molecular weight is 234 g/mol. The lowest BCUT2D eigenvalue weighted by molar-refractivity contribution is 0.297. The second kappa shape index (κ2) is 7.44. The van der Waals surface area contributed by atoms with Crippen LogP contribution in [0.25, 0.3) is 0 Å². The van der Waals surface area contributed by atoms with E-state index in [9.17, 15) is 0 Å². The van der Waals surface area contributed by atoms with E-state index in [0.717, 1.165) is 13.0 Å². The number of hydrogen-bond donors (Lipinski definition) is 1. The standard InChI is InChI=1S/C15H26N2/c1-5-8-17-15(13(4)12(2)3)10-14-7-6-9-16-11-14/h6-7,9,11-13,15,17H,5,8,10H2,1-4H3. The van der Waals surface area contributed by atoms with Crippen LogP contribution in [0.4, 0.5) is 0 Å². The Kier molecular flexibility index (Phi) is 6.20. The van der Waals surface area contributed by atoms with Gasteiger partial charge >= 0.3 is 0 Å². The molecule has 0 aliphatic rings. The molecule has 17 heavy (non-hydrogen) atoms. The Labute approximate surface area is 106 Å². The highest BCUT2D eigenvalue weighted by Gasteiger charge is 2.19. The van der Waals surface area contributed by atoms with Gasteiger partial charge < -0.3 is 5.32 Å². The number of hydrogen-bond acceptors (Lipinski definition) is 2.